The van der Waals surface area contributed by atoms with Crippen molar-refractivity contribution in [3.05, 3.63) is 52.9 Å². The topological polar surface area (TPSA) is 68.5 Å². The molecule has 0 saturated heterocycles. The molecule has 1 unspecified atom stereocenters. The van der Waals surface area contributed by atoms with Crippen LogP contribution in [0.4, 0.5) is 0 Å². The van der Waals surface area contributed by atoms with Gasteiger partial charge in [0.2, 0.25) is 0 Å². The molecule has 0 fully saturated rings. The van der Waals surface area contributed by atoms with Crippen LogP contribution in [-0.4, -0.2) is 18.3 Å². The van der Waals surface area contributed by atoms with Gasteiger partial charge in [-0.1, -0.05) is 17.7 Å². The quantitative estimate of drug-likeness (QED) is 0.833. The van der Waals surface area contributed by atoms with Gasteiger partial charge in [-0.05, 0) is 31.2 Å². The molecule has 0 saturated carbocycles. The largest absolute Gasteiger partial charge is 0.480 e. The van der Waals surface area contributed by atoms with Crippen LogP contribution < -0.4 is 10.1 Å². The second-order valence-electron chi connectivity index (χ2n) is 4.33. The Morgan fingerprint density at radius 1 is 1.43 bits per heavy atom. The summed E-state index contributed by atoms with van der Waals surface area (Å²) in [5.41, 5.74) is 0.227. The molecule has 1 N–H and O–H groups in total. The summed E-state index contributed by atoms with van der Waals surface area (Å²) < 4.78 is 10.6. The SMILES string of the molecule is CC(Oc1cccc(Cl)c1C=O)C(=O)NCc1ccco1. The van der Waals surface area contributed by atoms with E-state index in [2.05, 4.69) is 5.32 Å². The van der Waals surface area contributed by atoms with Gasteiger partial charge in [0.1, 0.15) is 11.5 Å². The number of aldehydes is 1. The number of hydrogen-bond acceptors (Lipinski definition) is 4. The number of halogens is 1. The molecule has 1 aromatic heterocycles. The average molecular weight is 308 g/mol. The summed E-state index contributed by atoms with van der Waals surface area (Å²) in [5, 5.41) is 2.96. The number of nitrogens with one attached hydrogen (secondary N) is 1. The first-order chi connectivity index (χ1) is 10.1. The van der Waals surface area contributed by atoms with Crippen LogP contribution in [0.2, 0.25) is 5.02 Å². The summed E-state index contributed by atoms with van der Waals surface area (Å²) >= 11 is 5.90. The van der Waals surface area contributed by atoms with Gasteiger partial charge in [-0.2, -0.15) is 0 Å². The third-order valence-corrected chi connectivity index (χ3v) is 3.15. The molecular formula is C15H14ClNO4. The molecule has 21 heavy (non-hydrogen) atoms. The molecule has 1 heterocycles. The van der Waals surface area contributed by atoms with Gasteiger partial charge < -0.3 is 14.5 Å². The first kappa shape index (κ1) is 15.1. The number of carbonyl (C=O) groups is 2. The summed E-state index contributed by atoms with van der Waals surface area (Å²) in [4.78, 5) is 22.9. The van der Waals surface area contributed by atoms with Crippen LogP contribution in [0.1, 0.15) is 23.0 Å². The highest BCUT2D eigenvalue weighted by molar-refractivity contribution is 6.33. The van der Waals surface area contributed by atoms with Crippen molar-refractivity contribution < 1.29 is 18.7 Å². The molecule has 2 aromatic rings. The van der Waals surface area contributed by atoms with Gasteiger partial charge in [0.05, 0.1) is 23.4 Å². The van der Waals surface area contributed by atoms with E-state index in [0.717, 1.165) is 0 Å². The normalized spacial score (nSPS) is 11.7. The zero-order valence-corrected chi connectivity index (χ0v) is 12.1. The van der Waals surface area contributed by atoms with E-state index >= 15 is 0 Å². The van der Waals surface area contributed by atoms with Gasteiger partial charge in [0.25, 0.3) is 5.91 Å². The average Bonchev–Trinajstić information content (AvgIpc) is 2.98. The van der Waals surface area contributed by atoms with Gasteiger partial charge in [0.15, 0.2) is 12.4 Å². The van der Waals surface area contributed by atoms with E-state index in [9.17, 15) is 9.59 Å². The van der Waals surface area contributed by atoms with Crippen LogP contribution in [0.5, 0.6) is 5.75 Å². The van der Waals surface area contributed by atoms with Crippen LogP contribution in [0.15, 0.2) is 41.0 Å². The summed E-state index contributed by atoms with van der Waals surface area (Å²) in [6.07, 6.45) is 1.37. The number of benzene rings is 1. The zero-order chi connectivity index (χ0) is 15.2. The lowest BCUT2D eigenvalue weighted by Gasteiger charge is -2.16. The third-order valence-electron chi connectivity index (χ3n) is 2.82. The van der Waals surface area contributed by atoms with Crippen molar-refractivity contribution in [1.29, 1.82) is 0 Å². The number of carbonyl (C=O) groups excluding carboxylic acids is 2. The smallest absolute Gasteiger partial charge is 0.261 e. The fraction of sp³-hybridized carbons (Fsp3) is 0.200. The highest BCUT2D eigenvalue weighted by Crippen LogP contribution is 2.25. The van der Waals surface area contributed by atoms with Gasteiger partial charge in [-0.3, -0.25) is 9.59 Å². The molecule has 6 heteroatoms. The Morgan fingerprint density at radius 3 is 2.90 bits per heavy atom. The van der Waals surface area contributed by atoms with Crippen molar-refractivity contribution in [2.75, 3.05) is 0 Å². The Morgan fingerprint density at radius 2 is 2.24 bits per heavy atom. The minimum atomic E-state index is -0.767. The van der Waals surface area contributed by atoms with Crippen molar-refractivity contribution in [3.8, 4) is 5.75 Å². The number of amides is 1. The number of ether oxygens (including phenoxy) is 1. The second kappa shape index (κ2) is 6.95. The predicted octanol–water partition coefficient (Wildman–Crippen LogP) is 2.83. The van der Waals surface area contributed by atoms with E-state index in [1.54, 1.807) is 37.3 Å². The van der Waals surface area contributed by atoms with Gasteiger partial charge in [0, 0.05) is 0 Å². The third kappa shape index (κ3) is 3.86. The molecular weight excluding hydrogens is 294 g/mol. The summed E-state index contributed by atoms with van der Waals surface area (Å²) in [6, 6.07) is 8.32. The molecule has 0 aliphatic rings. The fourth-order valence-corrected chi connectivity index (χ4v) is 1.92. The molecule has 1 aromatic carbocycles. The molecule has 1 amide bonds. The number of rotatable bonds is 6. The highest BCUT2D eigenvalue weighted by Gasteiger charge is 2.17. The van der Waals surface area contributed by atoms with E-state index in [1.165, 1.54) is 6.26 Å². The Bertz CT molecular complexity index is 625. The van der Waals surface area contributed by atoms with E-state index < -0.39 is 6.10 Å². The van der Waals surface area contributed by atoms with Gasteiger partial charge in [-0.15, -0.1) is 0 Å². The maximum atomic E-state index is 11.9. The molecule has 5 nitrogen and oxygen atoms in total. The Kier molecular flexibility index (Phi) is 5.00. The Labute approximate surface area is 126 Å². The molecule has 110 valence electrons. The van der Waals surface area contributed by atoms with Crippen LogP contribution in [-0.2, 0) is 11.3 Å². The summed E-state index contributed by atoms with van der Waals surface area (Å²) in [6.45, 7) is 1.86. The molecule has 2 rings (SSSR count). The van der Waals surface area contributed by atoms with E-state index in [-0.39, 0.29) is 28.8 Å². The molecule has 0 aliphatic carbocycles. The van der Waals surface area contributed by atoms with Crippen LogP contribution in [0.25, 0.3) is 0 Å². The van der Waals surface area contributed by atoms with E-state index in [0.29, 0.717) is 12.0 Å². The predicted molar refractivity (Wildman–Crippen MR) is 77.5 cm³/mol. The molecule has 0 radical (unpaired) electrons. The van der Waals surface area contributed by atoms with Crippen molar-refractivity contribution in [2.45, 2.75) is 19.6 Å². The van der Waals surface area contributed by atoms with Crippen LogP contribution >= 0.6 is 11.6 Å². The summed E-state index contributed by atoms with van der Waals surface area (Å²) in [5.74, 6) is 0.605. The molecule has 0 spiro atoms. The second-order valence-corrected chi connectivity index (χ2v) is 4.73. The van der Waals surface area contributed by atoms with Crippen LogP contribution in [0.3, 0.4) is 0 Å². The number of hydrogen-bond donors (Lipinski definition) is 1. The number of furan rings is 1. The maximum absolute atomic E-state index is 11.9. The summed E-state index contributed by atoms with van der Waals surface area (Å²) in [7, 11) is 0. The molecule has 0 aliphatic heterocycles. The lowest BCUT2D eigenvalue weighted by molar-refractivity contribution is -0.127. The van der Waals surface area contributed by atoms with Crippen molar-refractivity contribution in [1.82, 2.24) is 5.32 Å². The molecule has 1 atom stereocenters. The Hall–Kier alpha value is -2.27. The fourth-order valence-electron chi connectivity index (χ4n) is 1.71. The minimum Gasteiger partial charge on any atom is -0.480 e. The van der Waals surface area contributed by atoms with Crippen LogP contribution in [0, 0.1) is 0 Å². The highest BCUT2D eigenvalue weighted by atomic mass is 35.5. The van der Waals surface area contributed by atoms with Crippen molar-refractivity contribution >= 4 is 23.8 Å². The lowest BCUT2D eigenvalue weighted by Crippen LogP contribution is -2.36. The standard InChI is InChI=1S/C15H14ClNO4/c1-10(15(19)17-8-11-4-3-7-20-11)21-14-6-2-5-13(16)12(14)9-18/h2-7,9-10H,8H2,1H3,(H,17,19). The van der Waals surface area contributed by atoms with E-state index in [1.807, 2.05) is 0 Å². The van der Waals surface area contributed by atoms with Gasteiger partial charge >= 0.3 is 0 Å². The van der Waals surface area contributed by atoms with Crippen molar-refractivity contribution in [3.63, 3.8) is 0 Å². The Balaban J connectivity index is 1.97. The first-order valence-corrected chi connectivity index (χ1v) is 6.70. The molecule has 0 bridgehead atoms. The lowest BCUT2D eigenvalue weighted by atomic mass is 10.2. The monoisotopic (exact) mass is 307 g/mol. The first-order valence-electron chi connectivity index (χ1n) is 6.32. The maximum Gasteiger partial charge on any atom is 0.261 e. The minimum absolute atomic E-state index is 0.227. The zero-order valence-electron chi connectivity index (χ0n) is 11.3. The van der Waals surface area contributed by atoms with Crippen molar-refractivity contribution in [2.24, 2.45) is 0 Å². The van der Waals surface area contributed by atoms with E-state index in [4.69, 9.17) is 20.8 Å². The van der Waals surface area contributed by atoms with Gasteiger partial charge in [-0.25, -0.2) is 0 Å².